The van der Waals surface area contributed by atoms with Crippen molar-refractivity contribution in [3.8, 4) is 0 Å². The predicted molar refractivity (Wildman–Crippen MR) is 265 cm³/mol. The quantitative estimate of drug-likeness (QED) is 0.113. The fourth-order valence-electron chi connectivity index (χ4n) is 13.4. The molecule has 8 fully saturated rings. The zero-order chi connectivity index (χ0) is 48.8. The van der Waals surface area contributed by atoms with Crippen LogP contribution in [0.25, 0.3) is 0 Å². The molecule has 3 aromatic rings. The molecular formula is C59H76O12. The van der Waals surface area contributed by atoms with E-state index in [0.29, 0.717) is 58.5 Å². The third kappa shape index (κ3) is 10.3. The highest BCUT2D eigenvalue weighted by atomic mass is 16.7. The molecule has 384 valence electrons. The lowest BCUT2D eigenvalue weighted by molar-refractivity contribution is -0.373. The fraction of sp³-hybridized carbons (Fsp3) is 0.627. The van der Waals surface area contributed by atoms with Crippen molar-refractivity contribution in [2.75, 3.05) is 13.2 Å². The van der Waals surface area contributed by atoms with Crippen LogP contribution >= 0.6 is 0 Å². The van der Waals surface area contributed by atoms with Crippen molar-refractivity contribution in [3.05, 3.63) is 133 Å². The van der Waals surface area contributed by atoms with Crippen LogP contribution in [0.4, 0.5) is 0 Å². The van der Waals surface area contributed by atoms with E-state index in [2.05, 4.69) is 77.3 Å². The van der Waals surface area contributed by atoms with Crippen molar-refractivity contribution in [1.82, 2.24) is 0 Å². The summed E-state index contributed by atoms with van der Waals surface area (Å²) in [5.74, 6) is 0. The first-order chi connectivity index (χ1) is 34.4. The maximum atomic E-state index is 7.38. The summed E-state index contributed by atoms with van der Waals surface area (Å²) in [5.41, 5.74) is 0.568. The molecule has 8 heterocycles. The molecule has 8 aliphatic heterocycles. The molecule has 0 aliphatic carbocycles. The van der Waals surface area contributed by atoms with Gasteiger partial charge in [-0.25, -0.2) is 0 Å². The number of rotatable bonds is 14. The maximum absolute atomic E-state index is 7.38. The largest absolute Gasteiger partial charge is 0.377 e. The average Bonchev–Trinajstić information content (AvgIpc) is 3.54. The van der Waals surface area contributed by atoms with E-state index in [9.17, 15) is 0 Å². The lowest BCUT2D eigenvalue weighted by atomic mass is 9.72. The first-order valence-corrected chi connectivity index (χ1v) is 26.6. The van der Waals surface area contributed by atoms with Crippen LogP contribution in [-0.2, 0) is 70.1 Å². The second-order valence-electron chi connectivity index (χ2n) is 22.4. The standard InChI is InChI=1S/C59H76O12/c1-7-42-47(70-57(4)37-58(5)51(68-50(57)8-2)31-46-44(69-58)27-26-43-49(65-46)36-62-55(67-43)40-23-16-11-17-24-40)30-45-48(64-42)33-56(3)52(66-45)32-54-59(6,71-56)53(61-35-39-21-14-10-15-22-39)29-41(63-54)25-18-28-60-34-38-19-12-9-13-20-38/h7-17,19-24,41-55H,1-2,18,25-37H2,3-6H3/t41-,42+,43-,44+,45+,46-,47-,48-,49+,50-,51+,52-,53-,54+,55+,56+,57+,58-,59-/m0/s1. The second kappa shape index (κ2) is 20.8. The third-order valence-corrected chi connectivity index (χ3v) is 17.1. The van der Waals surface area contributed by atoms with Gasteiger partial charge in [0.25, 0.3) is 0 Å². The Labute approximate surface area is 420 Å². The van der Waals surface area contributed by atoms with Gasteiger partial charge in [0, 0.05) is 50.7 Å². The first-order valence-electron chi connectivity index (χ1n) is 26.6. The predicted octanol–water partition coefficient (Wildman–Crippen LogP) is 9.86. The van der Waals surface area contributed by atoms with Crippen LogP contribution in [0.2, 0.25) is 0 Å². The van der Waals surface area contributed by atoms with Crippen molar-refractivity contribution < 1.29 is 56.8 Å². The lowest BCUT2D eigenvalue weighted by Gasteiger charge is -2.62. The van der Waals surface area contributed by atoms with E-state index in [1.54, 1.807) is 0 Å². The molecule has 0 radical (unpaired) electrons. The van der Waals surface area contributed by atoms with Crippen LogP contribution < -0.4 is 0 Å². The SMILES string of the molecule is C=C[C@@H]1O[C@@H]2C[C@@H]3O[C@@H]4CO[C@@H](c5ccccc5)O[C@H]4CC[C@H]3O[C@@]2(C)C[C@@]1(C)O[C@H]1C[C@H]2O[C@H]3C[C@H]4O[C@@H](CCCOCc5ccccc5)C[C@H](OCc5ccccc5)[C@]4(C)O[C@]3(C)C[C@@H]2O[C@@H]1C=C. The molecule has 71 heavy (non-hydrogen) atoms. The summed E-state index contributed by atoms with van der Waals surface area (Å²) in [7, 11) is 0. The Balaban J connectivity index is 0.750. The van der Waals surface area contributed by atoms with E-state index in [4.69, 9.17) is 56.8 Å². The summed E-state index contributed by atoms with van der Waals surface area (Å²) in [5, 5.41) is 0. The molecule has 11 rings (SSSR count). The normalized spacial score (nSPS) is 44.0. The number of ether oxygens (including phenoxy) is 12. The Kier molecular flexibility index (Phi) is 14.6. The van der Waals surface area contributed by atoms with Crippen LogP contribution in [0.1, 0.15) is 115 Å². The van der Waals surface area contributed by atoms with Gasteiger partial charge in [-0.2, -0.15) is 0 Å². The number of hydrogen-bond acceptors (Lipinski definition) is 12. The van der Waals surface area contributed by atoms with Gasteiger partial charge < -0.3 is 56.8 Å². The minimum atomic E-state index is -0.785. The second-order valence-corrected chi connectivity index (χ2v) is 22.4. The van der Waals surface area contributed by atoms with E-state index >= 15 is 0 Å². The van der Waals surface area contributed by atoms with Crippen molar-refractivity contribution in [2.45, 2.75) is 219 Å². The van der Waals surface area contributed by atoms with Gasteiger partial charge in [-0.15, -0.1) is 13.2 Å². The van der Waals surface area contributed by atoms with Crippen LogP contribution in [0.15, 0.2) is 116 Å². The van der Waals surface area contributed by atoms with Gasteiger partial charge in [0.05, 0.1) is 104 Å². The van der Waals surface area contributed by atoms with E-state index in [1.165, 1.54) is 5.56 Å². The summed E-state index contributed by atoms with van der Waals surface area (Å²) in [6, 6.07) is 30.8. The zero-order valence-corrected chi connectivity index (χ0v) is 42.2. The van der Waals surface area contributed by atoms with E-state index in [-0.39, 0.29) is 79.4 Å². The lowest BCUT2D eigenvalue weighted by Crippen LogP contribution is -2.72. The van der Waals surface area contributed by atoms with Gasteiger partial charge in [0.2, 0.25) is 0 Å². The topological polar surface area (TPSA) is 111 Å². The Morgan fingerprint density at radius 3 is 2.08 bits per heavy atom. The molecule has 0 saturated carbocycles. The van der Waals surface area contributed by atoms with E-state index < -0.39 is 34.8 Å². The van der Waals surface area contributed by atoms with E-state index in [1.807, 2.05) is 66.7 Å². The molecular weight excluding hydrogens is 901 g/mol. The molecule has 0 N–H and O–H groups in total. The summed E-state index contributed by atoms with van der Waals surface area (Å²) >= 11 is 0. The highest BCUT2D eigenvalue weighted by Crippen LogP contribution is 2.53. The average molecular weight is 977 g/mol. The molecule has 0 spiro atoms. The highest BCUT2D eigenvalue weighted by Gasteiger charge is 2.64. The van der Waals surface area contributed by atoms with Crippen molar-refractivity contribution in [2.24, 2.45) is 0 Å². The maximum Gasteiger partial charge on any atom is 0.184 e. The highest BCUT2D eigenvalue weighted by molar-refractivity contribution is 5.19. The Hall–Kier alpha value is -3.34. The third-order valence-electron chi connectivity index (χ3n) is 17.1. The fourth-order valence-corrected chi connectivity index (χ4v) is 13.4. The van der Waals surface area contributed by atoms with Gasteiger partial charge in [0.1, 0.15) is 23.9 Å². The Morgan fingerprint density at radius 1 is 0.634 bits per heavy atom. The first kappa shape index (κ1) is 49.9. The van der Waals surface area contributed by atoms with Crippen molar-refractivity contribution in [3.63, 3.8) is 0 Å². The Bertz CT molecular complexity index is 2250. The molecule has 0 unspecified atom stereocenters. The molecule has 12 nitrogen and oxygen atoms in total. The van der Waals surface area contributed by atoms with Crippen LogP contribution in [0, 0.1) is 0 Å². The minimum absolute atomic E-state index is 0.00467. The smallest absolute Gasteiger partial charge is 0.184 e. The number of fused-ring (bicyclic) bond motifs is 6. The van der Waals surface area contributed by atoms with Crippen LogP contribution in [-0.4, -0.2) is 121 Å². The molecule has 12 heteroatoms. The molecule has 0 amide bonds. The Morgan fingerprint density at radius 2 is 1.34 bits per heavy atom. The van der Waals surface area contributed by atoms with E-state index in [0.717, 1.165) is 43.2 Å². The molecule has 8 saturated heterocycles. The number of hydrogen-bond donors (Lipinski definition) is 0. The van der Waals surface area contributed by atoms with Crippen LogP contribution in [0.5, 0.6) is 0 Å². The summed E-state index contributed by atoms with van der Waals surface area (Å²) in [4.78, 5) is 0. The van der Waals surface area contributed by atoms with Gasteiger partial charge in [0.15, 0.2) is 6.29 Å². The van der Waals surface area contributed by atoms with Gasteiger partial charge in [-0.1, -0.05) is 103 Å². The van der Waals surface area contributed by atoms with Crippen LogP contribution in [0.3, 0.4) is 0 Å². The van der Waals surface area contributed by atoms with Gasteiger partial charge in [-0.3, -0.25) is 0 Å². The van der Waals surface area contributed by atoms with Crippen molar-refractivity contribution >= 4 is 0 Å². The molecule has 0 aromatic heterocycles. The van der Waals surface area contributed by atoms with Gasteiger partial charge in [-0.05, 0) is 64.5 Å². The minimum Gasteiger partial charge on any atom is -0.377 e. The molecule has 19 atom stereocenters. The summed E-state index contributed by atoms with van der Waals surface area (Å²) in [6.07, 6.45) is 7.74. The molecule has 3 aromatic carbocycles. The zero-order valence-electron chi connectivity index (χ0n) is 42.2. The van der Waals surface area contributed by atoms with Gasteiger partial charge >= 0.3 is 0 Å². The number of benzene rings is 3. The molecule has 8 aliphatic rings. The summed E-state index contributed by atoms with van der Waals surface area (Å²) < 4.78 is 82.5. The monoisotopic (exact) mass is 977 g/mol. The summed E-state index contributed by atoms with van der Waals surface area (Å²) in [6.45, 7) is 19.4. The molecule has 0 bridgehead atoms. The van der Waals surface area contributed by atoms with Crippen molar-refractivity contribution in [1.29, 1.82) is 0 Å².